The van der Waals surface area contributed by atoms with Crippen LogP contribution in [0.3, 0.4) is 0 Å². The molecule has 0 saturated heterocycles. The van der Waals surface area contributed by atoms with Crippen molar-refractivity contribution in [3.8, 4) is 5.75 Å². The summed E-state index contributed by atoms with van der Waals surface area (Å²) in [6.07, 6.45) is 0.115. The Bertz CT molecular complexity index is 828. The van der Waals surface area contributed by atoms with Crippen molar-refractivity contribution in [1.29, 1.82) is 0 Å². The summed E-state index contributed by atoms with van der Waals surface area (Å²) in [6, 6.07) is 4.66. The van der Waals surface area contributed by atoms with Gasteiger partial charge < -0.3 is 20.1 Å². The summed E-state index contributed by atoms with van der Waals surface area (Å²) < 4.78 is 23.8. The second-order valence-corrected chi connectivity index (χ2v) is 8.76. The molecule has 0 fully saturated rings. The van der Waals surface area contributed by atoms with Crippen molar-refractivity contribution >= 4 is 34.9 Å². The van der Waals surface area contributed by atoms with Gasteiger partial charge in [0.05, 0.1) is 24.1 Å². The number of ketones is 1. The molecule has 1 aromatic rings. The van der Waals surface area contributed by atoms with Crippen LogP contribution < -0.4 is 15.4 Å². The molecule has 2 atom stereocenters. The molecule has 1 aromatic carbocycles. The molecule has 7 nitrogen and oxygen atoms in total. The predicted octanol–water partition coefficient (Wildman–Crippen LogP) is 3.20. The first kappa shape index (κ1) is 27.5. The van der Waals surface area contributed by atoms with Crippen molar-refractivity contribution in [2.45, 2.75) is 59.5 Å². The Morgan fingerprint density at radius 3 is 2.41 bits per heavy atom. The average Bonchev–Trinajstić information content (AvgIpc) is 2.66. The number of amides is 1. The smallest absolute Gasteiger partial charge is 0.328 e. The molecule has 1 rings (SSSR count). The number of benzene rings is 1. The van der Waals surface area contributed by atoms with E-state index in [2.05, 4.69) is 10.6 Å². The zero-order valence-corrected chi connectivity index (χ0v) is 20.3. The molecule has 0 aliphatic carbocycles. The summed E-state index contributed by atoms with van der Waals surface area (Å²) in [4.78, 5) is 37.5. The number of thiocarbonyl (C=S) groups is 1. The number of nitrogens with one attached hydrogen (secondary N) is 2. The Kier molecular flexibility index (Phi) is 10.7. The quantitative estimate of drug-likeness (QED) is 0.359. The van der Waals surface area contributed by atoms with Crippen LogP contribution >= 0.6 is 12.2 Å². The largest absolute Gasteiger partial charge is 0.493 e. The van der Waals surface area contributed by atoms with Crippen molar-refractivity contribution in [1.82, 2.24) is 10.6 Å². The van der Waals surface area contributed by atoms with E-state index in [1.807, 2.05) is 13.8 Å². The number of hydrogen-bond donors (Lipinski definition) is 2. The molecule has 0 saturated carbocycles. The first-order valence-electron chi connectivity index (χ1n) is 10.6. The lowest BCUT2D eigenvalue weighted by Gasteiger charge is -2.31. The van der Waals surface area contributed by atoms with E-state index in [0.717, 1.165) is 0 Å². The monoisotopic (exact) mass is 468 g/mol. The third-order valence-electron chi connectivity index (χ3n) is 4.74. The van der Waals surface area contributed by atoms with Crippen LogP contribution in [0, 0.1) is 17.7 Å². The Hall–Kier alpha value is -2.55. The van der Waals surface area contributed by atoms with E-state index in [4.69, 9.17) is 21.7 Å². The average molecular weight is 469 g/mol. The van der Waals surface area contributed by atoms with Crippen LogP contribution in [0.15, 0.2) is 24.3 Å². The fourth-order valence-corrected chi connectivity index (χ4v) is 3.77. The summed E-state index contributed by atoms with van der Waals surface area (Å²) in [5.41, 5.74) is -1.19. The molecule has 1 amide bonds. The second-order valence-electron chi connectivity index (χ2n) is 8.32. The third-order valence-corrected chi connectivity index (χ3v) is 5.09. The normalized spacial score (nSPS) is 13.1. The summed E-state index contributed by atoms with van der Waals surface area (Å²) in [5.74, 6) is -1.86. The molecular formula is C23H33FN2O5S. The number of esters is 1. The lowest BCUT2D eigenvalue weighted by Crippen LogP contribution is -2.59. The van der Waals surface area contributed by atoms with Crippen molar-refractivity contribution in [3.05, 3.63) is 30.1 Å². The van der Waals surface area contributed by atoms with Crippen LogP contribution in [0.4, 0.5) is 4.39 Å². The van der Waals surface area contributed by atoms with Crippen LogP contribution in [0.1, 0.15) is 48.0 Å². The number of halogens is 1. The number of hydrogen-bond acceptors (Lipinski definition) is 6. The van der Waals surface area contributed by atoms with Crippen LogP contribution in [-0.2, 0) is 19.1 Å². The van der Waals surface area contributed by atoms with Crippen LogP contribution in [0.2, 0.25) is 0 Å². The molecule has 0 radical (unpaired) electrons. The Morgan fingerprint density at radius 1 is 1.22 bits per heavy atom. The molecule has 0 aliphatic heterocycles. The number of ether oxygens (including phenoxy) is 2. The van der Waals surface area contributed by atoms with Gasteiger partial charge in [0, 0.05) is 12.5 Å². The number of carbonyl (C=O) groups excluding carboxylic acids is 3. The van der Waals surface area contributed by atoms with Gasteiger partial charge in [-0.1, -0.05) is 32.1 Å². The predicted molar refractivity (Wildman–Crippen MR) is 124 cm³/mol. The molecule has 0 aromatic heterocycles. The zero-order valence-electron chi connectivity index (χ0n) is 19.5. The minimum atomic E-state index is -1.19. The van der Waals surface area contributed by atoms with E-state index in [9.17, 15) is 18.8 Å². The second kappa shape index (κ2) is 12.5. The third kappa shape index (κ3) is 8.53. The van der Waals surface area contributed by atoms with Gasteiger partial charge in [-0.25, -0.2) is 9.18 Å². The van der Waals surface area contributed by atoms with Gasteiger partial charge in [-0.2, -0.15) is 0 Å². The highest BCUT2D eigenvalue weighted by atomic mass is 32.1. The lowest BCUT2D eigenvalue weighted by molar-refractivity contribution is -0.148. The van der Waals surface area contributed by atoms with Crippen LogP contribution in [0.5, 0.6) is 5.75 Å². The van der Waals surface area contributed by atoms with E-state index in [0.29, 0.717) is 5.75 Å². The maximum absolute atomic E-state index is 13.3. The van der Waals surface area contributed by atoms with Crippen LogP contribution in [0.25, 0.3) is 0 Å². The standard InChI is InChI=1S/C23H33FN2O5S/c1-7-30-21(28)18(11-12-31-17-10-8-9-16(24)13-17)25-22(29)23(5,6)26-20(32)19(14(2)3)15(4)27/h8-10,13-14,18-19H,7,11-12H2,1-6H3,(H,25,29)(H,26,32)/t18-,19-/m0/s1. The summed E-state index contributed by atoms with van der Waals surface area (Å²) in [7, 11) is 0. The first-order valence-corrected chi connectivity index (χ1v) is 11.0. The molecule has 0 unspecified atom stereocenters. The molecular weight excluding hydrogens is 435 g/mol. The van der Waals surface area contributed by atoms with Gasteiger partial charge in [-0.05, 0) is 45.7 Å². The lowest BCUT2D eigenvalue weighted by atomic mass is 9.90. The molecule has 9 heteroatoms. The van der Waals surface area contributed by atoms with E-state index in [-0.39, 0.29) is 36.3 Å². The minimum Gasteiger partial charge on any atom is -0.493 e. The molecule has 0 bridgehead atoms. The van der Waals surface area contributed by atoms with Crippen molar-refractivity contribution < 1.29 is 28.2 Å². The van der Waals surface area contributed by atoms with Gasteiger partial charge in [0.1, 0.15) is 28.9 Å². The van der Waals surface area contributed by atoms with Crippen LogP contribution in [-0.4, -0.2) is 47.4 Å². The van der Waals surface area contributed by atoms with E-state index in [1.54, 1.807) is 26.8 Å². The van der Waals surface area contributed by atoms with E-state index < -0.39 is 35.2 Å². The molecule has 32 heavy (non-hydrogen) atoms. The maximum atomic E-state index is 13.3. The Labute approximate surface area is 194 Å². The summed E-state index contributed by atoms with van der Waals surface area (Å²) >= 11 is 5.38. The SMILES string of the molecule is CCOC(=O)[C@H](CCOc1cccc(F)c1)NC(=O)C(C)(C)NC(=S)[C@H](C(C)=O)C(C)C. The minimum absolute atomic E-state index is 0.0291. The fraction of sp³-hybridized carbons (Fsp3) is 0.565. The Morgan fingerprint density at radius 2 is 1.88 bits per heavy atom. The number of rotatable bonds is 12. The number of carbonyl (C=O) groups is 3. The van der Waals surface area contributed by atoms with E-state index >= 15 is 0 Å². The Balaban J connectivity index is 2.83. The van der Waals surface area contributed by atoms with Gasteiger partial charge in [-0.3, -0.25) is 9.59 Å². The first-order chi connectivity index (χ1) is 14.9. The van der Waals surface area contributed by atoms with Gasteiger partial charge in [0.15, 0.2) is 0 Å². The fourth-order valence-electron chi connectivity index (χ4n) is 3.08. The van der Waals surface area contributed by atoms with Gasteiger partial charge in [0.2, 0.25) is 5.91 Å². The van der Waals surface area contributed by atoms with E-state index in [1.165, 1.54) is 25.1 Å². The summed E-state index contributed by atoms with van der Waals surface area (Å²) in [6.45, 7) is 10.3. The number of Topliss-reactive ketones (excluding diaryl/α,β-unsaturated/α-hetero) is 1. The van der Waals surface area contributed by atoms with Gasteiger partial charge in [-0.15, -0.1) is 0 Å². The molecule has 2 N–H and O–H groups in total. The van der Waals surface area contributed by atoms with Crippen molar-refractivity contribution in [2.24, 2.45) is 11.8 Å². The molecule has 0 aliphatic rings. The molecule has 0 heterocycles. The van der Waals surface area contributed by atoms with Gasteiger partial charge in [0.25, 0.3) is 0 Å². The topological polar surface area (TPSA) is 93.7 Å². The highest BCUT2D eigenvalue weighted by Gasteiger charge is 2.35. The molecule has 178 valence electrons. The highest BCUT2D eigenvalue weighted by molar-refractivity contribution is 7.80. The van der Waals surface area contributed by atoms with Crippen molar-refractivity contribution in [3.63, 3.8) is 0 Å². The molecule has 0 spiro atoms. The van der Waals surface area contributed by atoms with Gasteiger partial charge >= 0.3 is 5.97 Å². The zero-order chi connectivity index (χ0) is 24.5. The van der Waals surface area contributed by atoms with Crippen molar-refractivity contribution in [2.75, 3.05) is 13.2 Å². The maximum Gasteiger partial charge on any atom is 0.328 e. The summed E-state index contributed by atoms with van der Waals surface area (Å²) in [5, 5.41) is 5.62. The highest BCUT2D eigenvalue weighted by Crippen LogP contribution is 2.17.